The molecule has 8 rings (SSSR count). The summed E-state index contributed by atoms with van der Waals surface area (Å²) in [5.74, 6) is 2.27. The standard InChI is InChI=1S/C17H23NO.C16H20BrNO.CH4/c1-13-5-6-16-14(10-13)11-17(19-16)7-9-18-8-3-2-4-15(18)12-17;17-13-4-5-15-12(9-13)10-16(19-15)6-8-18-7-2-1-3-14(18)11-16;/h5-6,10,15H,2-4,7-9,11-12H2,1H3;4-5,9,14H,1-3,6-8,10-11H2;1H4/t15-,17-;14-,16-;/m01./s1. The molecule has 2 aromatic carbocycles. The van der Waals surface area contributed by atoms with Crippen molar-refractivity contribution in [1.82, 2.24) is 9.80 Å². The van der Waals surface area contributed by atoms with Gasteiger partial charge in [-0.15, -0.1) is 0 Å². The highest BCUT2D eigenvalue weighted by Gasteiger charge is 2.47. The van der Waals surface area contributed by atoms with E-state index in [1.165, 1.54) is 112 Å². The molecule has 0 saturated carbocycles. The second-order valence-electron chi connectivity index (χ2n) is 13.1. The number of rotatable bonds is 0. The Morgan fingerprint density at radius 2 is 1.26 bits per heavy atom. The van der Waals surface area contributed by atoms with E-state index in [4.69, 9.17) is 9.47 Å². The van der Waals surface area contributed by atoms with E-state index in [0.29, 0.717) is 0 Å². The maximum atomic E-state index is 6.41. The molecule has 0 bridgehead atoms. The Morgan fingerprint density at radius 1 is 0.718 bits per heavy atom. The van der Waals surface area contributed by atoms with Gasteiger partial charge in [-0.05, 0) is 81.1 Å². The van der Waals surface area contributed by atoms with Gasteiger partial charge < -0.3 is 19.3 Å². The van der Waals surface area contributed by atoms with E-state index in [-0.39, 0.29) is 18.6 Å². The molecule has 0 aromatic heterocycles. The molecule has 4 atom stereocenters. The summed E-state index contributed by atoms with van der Waals surface area (Å²) < 4.78 is 14.0. The SMILES string of the molecule is Brc1ccc2c(c1)C[C@@]1(CCN3CCCC[C@@H]3C1)O2.C.Cc1ccc2c(c1)C[C@]1(CCN3CCCC[C@H]3C1)O2. The summed E-state index contributed by atoms with van der Waals surface area (Å²) in [4.78, 5) is 5.39. The number of hydrogen-bond donors (Lipinski definition) is 0. The van der Waals surface area contributed by atoms with Gasteiger partial charge in [-0.1, -0.05) is 53.9 Å². The molecule has 2 spiro atoms. The van der Waals surface area contributed by atoms with Gasteiger partial charge in [0.2, 0.25) is 0 Å². The second-order valence-corrected chi connectivity index (χ2v) is 14.0. The number of halogens is 1. The van der Waals surface area contributed by atoms with Crippen molar-refractivity contribution >= 4 is 15.9 Å². The zero-order valence-electron chi connectivity index (χ0n) is 23.0. The van der Waals surface area contributed by atoms with Crippen LogP contribution in [0.1, 0.15) is 88.3 Å². The van der Waals surface area contributed by atoms with Gasteiger partial charge >= 0.3 is 0 Å². The molecule has 4 fully saturated rings. The van der Waals surface area contributed by atoms with Crippen LogP contribution in [-0.4, -0.2) is 59.3 Å². The van der Waals surface area contributed by atoms with E-state index < -0.39 is 0 Å². The van der Waals surface area contributed by atoms with E-state index in [0.717, 1.165) is 36.4 Å². The second kappa shape index (κ2) is 11.0. The summed E-state index contributed by atoms with van der Waals surface area (Å²) >= 11 is 3.57. The number of piperidine rings is 4. The van der Waals surface area contributed by atoms with Gasteiger partial charge in [0.15, 0.2) is 0 Å². The van der Waals surface area contributed by atoms with Crippen LogP contribution < -0.4 is 9.47 Å². The van der Waals surface area contributed by atoms with Gasteiger partial charge in [-0.25, -0.2) is 0 Å². The molecule has 0 unspecified atom stereocenters. The molecule has 212 valence electrons. The van der Waals surface area contributed by atoms with Crippen LogP contribution in [0.3, 0.4) is 0 Å². The molecule has 6 aliphatic heterocycles. The lowest BCUT2D eigenvalue weighted by Crippen LogP contribution is -2.54. The topological polar surface area (TPSA) is 24.9 Å². The summed E-state index contributed by atoms with van der Waals surface area (Å²) in [6.07, 6.45) is 15.4. The molecule has 0 radical (unpaired) electrons. The van der Waals surface area contributed by atoms with Crippen LogP contribution in [0, 0.1) is 6.92 Å². The number of nitrogens with zero attached hydrogens (tertiary/aromatic N) is 2. The first kappa shape index (κ1) is 27.6. The molecule has 2 aromatic rings. The van der Waals surface area contributed by atoms with E-state index in [9.17, 15) is 0 Å². The third kappa shape index (κ3) is 5.53. The summed E-state index contributed by atoms with van der Waals surface area (Å²) in [5, 5.41) is 0. The minimum absolute atomic E-state index is 0. The maximum absolute atomic E-state index is 6.41. The van der Waals surface area contributed by atoms with Crippen LogP contribution in [0.15, 0.2) is 40.9 Å². The van der Waals surface area contributed by atoms with Gasteiger partial charge in [-0.3, -0.25) is 0 Å². The average molecular weight is 596 g/mol. The highest BCUT2D eigenvalue weighted by atomic mass is 79.9. The van der Waals surface area contributed by atoms with Crippen LogP contribution in [0.2, 0.25) is 0 Å². The quantitative estimate of drug-likeness (QED) is 0.311. The largest absolute Gasteiger partial charge is 0.487 e. The first-order chi connectivity index (χ1) is 18.5. The third-order valence-corrected chi connectivity index (χ3v) is 10.8. The van der Waals surface area contributed by atoms with Crippen molar-refractivity contribution in [3.05, 3.63) is 57.6 Å². The lowest BCUT2D eigenvalue weighted by Gasteiger charge is -2.46. The summed E-state index contributed by atoms with van der Waals surface area (Å²) in [7, 11) is 0. The van der Waals surface area contributed by atoms with Crippen molar-refractivity contribution in [2.75, 3.05) is 26.2 Å². The van der Waals surface area contributed by atoms with Crippen molar-refractivity contribution < 1.29 is 9.47 Å². The van der Waals surface area contributed by atoms with Crippen LogP contribution >= 0.6 is 15.9 Å². The molecule has 6 heterocycles. The molecule has 0 N–H and O–H groups in total. The van der Waals surface area contributed by atoms with Crippen LogP contribution in [0.5, 0.6) is 11.5 Å². The molecule has 0 aliphatic carbocycles. The Kier molecular flexibility index (Phi) is 7.80. The lowest BCUT2D eigenvalue weighted by molar-refractivity contribution is -0.0252. The predicted octanol–water partition coefficient (Wildman–Crippen LogP) is 7.72. The smallest absolute Gasteiger partial charge is 0.123 e. The Labute approximate surface area is 244 Å². The monoisotopic (exact) mass is 594 g/mol. The van der Waals surface area contributed by atoms with Crippen LogP contribution in [0.25, 0.3) is 0 Å². The molecule has 4 nitrogen and oxygen atoms in total. The van der Waals surface area contributed by atoms with Crippen molar-refractivity contribution in [3.8, 4) is 11.5 Å². The van der Waals surface area contributed by atoms with E-state index in [1.807, 2.05) is 0 Å². The van der Waals surface area contributed by atoms with Crippen molar-refractivity contribution in [1.29, 1.82) is 0 Å². The molecular weight excluding hydrogens is 548 g/mol. The number of aryl methyl sites for hydroxylation is 1. The zero-order chi connectivity index (χ0) is 25.7. The number of hydrogen-bond acceptors (Lipinski definition) is 4. The summed E-state index contributed by atoms with van der Waals surface area (Å²) in [6, 6.07) is 14.7. The molecule has 6 aliphatic rings. The first-order valence-electron chi connectivity index (χ1n) is 15.2. The maximum Gasteiger partial charge on any atom is 0.123 e. The Bertz CT molecular complexity index is 1090. The van der Waals surface area contributed by atoms with Crippen molar-refractivity contribution in [2.45, 2.75) is 115 Å². The van der Waals surface area contributed by atoms with Crippen molar-refractivity contribution in [2.24, 2.45) is 0 Å². The molecule has 0 amide bonds. The van der Waals surface area contributed by atoms with Crippen LogP contribution in [-0.2, 0) is 12.8 Å². The van der Waals surface area contributed by atoms with Gasteiger partial charge in [0, 0.05) is 68.2 Å². The Hall–Kier alpha value is -1.56. The molecular formula is C34H47BrN2O2. The number of benzene rings is 2. The van der Waals surface area contributed by atoms with E-state index in [1.54, 1.807) is 0 Å². The Balaban J connectivity index is 0.000000138. The van der Waals surface area contributed by atoms with Gasteiger partial charge in [0.25, 0.3) is 0 Å². The van der Waals surface area contributed by atoms with Crippen LogP contribution in [0.4, 0.5) is 0 Å². The summed E-state index contributed by atoms with van der Waals surface area (Å²) in [6.45, 7) is 7.25. The third-order valence-electron chi connectivity index (χ3n) is 10.3. The normalized spacial score (nSPS) is 33.0. The molecule has 5 heteroatoms. The van der Waals surface area contributed by atoms with Gasteiger partial charge in [0.1, 0.15) is 22.7 Å². The van der Waals surface area contributed by atoms with Gasteiger partial charge in [0.05, 0.1) is 0 Å². The highest BCUT2D eigenvalue weighted by Crippen LogP contribution is 2.46. The summed E-state index contributed by atoms with van der Waals surface area (Å²) in [5.41, 5.74) is 4.40. The van der Waals surface area contributed by atoms with E-state index in [2.05, 4.69) is 69.1 Å². The number of ether oxygens (including phenoxy) is 2. The fraction of sp³-hybridized carbons (Fsp3) is 0.647. The zero-order valence-corrected chi connectivity index (χ0v) is 24.6. The fourth-order valence-corrected chi connectivity index (χ4v) is 8.81. The van der Waals surface area contributed by atoms with E-state index >= 15 is 0 Å². The van der Waals surface area contributed by atoms with Gasteiger partial charge in [-0.2, -0.15) is 0 Å². The number of fused-ring (bicyclic) bond motifs is 4. The lowest BCUT2D eigenvalue weighted by atomic mass is 9.80. The van der Waals surface area contributed by atoms with Crippen molar-refractivity contribution in [3.63, 3.8) is 0 Å². The molecule has 4 saturated heterocycles. The minimum atomic E-state index is 0. The molecule has 39 heavy (non-hydrogen) atoms. The fourth-order valence-electron chi connectivity index (χ4n) is 8.40. The highest BCUT2D eigenvalue weighted by molar-refractivity contribution is 9.10. The predicted molar refractivity (Wildman–Crippen MR) is 163 cm³/mol. The Morgan fingerprint density at radius 3 is 1.85 bits per heavy atom. The average Bonchev–Trinajstić information content (AvgIpc) is 3.45. The minimum Gasteiger partial charge on any atom is -0.487 e. The first-order valence-corrected chi connectivity index (χ1v) is 16.0.